The molecule has 4 heteroatoms. The van der Waals surface area contributed by atoms with E-state index in [0.29, 0.717) is 0 Å². The van der Waals surface area contributed by atoms with Gasteiger partial charge in [-0.2, -0.15) is 11.8 Å². The van der Waals surface area contributed by atoms with Gasteiger partial charge in [0.2, 0.25) is 0 Å². The van der Waals surface area contributed by atoms with E-state index in [4.69, 9.17) is 0 Å². The van der Waals surface area contributed by atoms with Crippen LogP contribution in [0, 0.1) is 0 Å². The Balaban J connectivity index is 2.11. The molecule has 0 spiro atoms. The molecule has 1 aliphatic heterocycles. The van der Waals surface area contributed by atoms with Crippen LogP contribution in [0.15, 0.2) is 28.7 Å². The van der Waals surface area contributed by atoms with Crippen LogP contribution >= 0.6 is 27.7 Å². The van der Waals surface area contributed by atoms with E-state index in [0.717, 1.165) is 34.5 Å². The number of halogens is 1. The third-order valence-electron chi connectivity index (χ3n) is 2.99. The summed E-state index contributed by atoms with van der Waals surface area (Å²) in [6, 6.07) is 8.12. The highest BCUT2D eigenvalue weighted by Crippen LogP contribution is 2.30. The Morgan fingerprint density at radius 1 is 1.38 bits per heavy atom. The number of hydrogen-bond donors (Lipinski definition) is 2. The van der Waals surface area contributed by atoms with Gasteiger partial charge in [0.05, 0.1) is 12.1 Å². The van der Waals surface area contributed by atoms with E-state index in [1.807, 2.05) is 30.0 Å². The average Bonchev–Trinajstić information content (AvgIpc) is 2.30. The summed E-state index contributed by atoms with van der Waals surface area (Å²) in [6.45, 7) is 0.208. The van der Waals surface area contributed by atoms with Crippen LogP contribution in [0.1, 0.15) is 12.8 Å². The summed E-state index contributed by atoms with van der Waals surface area (Å²) in [7, 11) is 0. The predicted octanol–water partition coefficient (Wildman–Crippen LogP) is 3.12. The molecule has 88 valence electrons. The zero-order chi connectivity index (χ0) is 11.4. The van der Waals surface area contributed by atoms with Crippen LogP contribution in [0.3, 0.4) is 0 Å². The van der Waals surface area contributed by atoms with Gasteiger partial charge in [0.15, 0.2) is 0 Å². The smallest absolute Gasteiger partial charge is 0.0662 e. The SMILES string of the molecule is OCC1(Nc2cccc(Br)c2)CCSCC1. The fourth-order valence-electron chi connectivity index (χ4n) is 1.96. The Morgan fingerprint density at radius 3 is 2.75 bits per heavy atom. The van der Waals surface area contributed by atoms with Crippen LogP contribution in [0.5, 0.6) is 0 Å². The first-order valence-electron chi connectivity index (χ1n) is 5.46. The molecule has 16 heavy (non-hydrogen) atoms. The molecule has 0 radical (unpaired) electrons. The van der Waals surface area contributed by atoms with Crippen LogP contribution in [0.4, 0.5) is 5.69 Å². The fraction of sp³-hybridized carbons (Fsp3) is 0.500. The minimum Gasteiger partial charge on any atom is -0.394 e. The van der Waals surface area contributed by atoms with Crippen LogP contribution < -0.4 is 5.32 Å². The largest absolute Gasteiger partial charge is 0.394 e. The van der Waals surface area contributed by atoms with Crippen molar-refractivity contribution in [3.63, 3.8) is 0 Å². The fourth-order valence-corrected chi connectivity index (χ4v) is 3.63. The first-order chi connectivity index (χ1) is 7.74. The van der Waals surface area contributed by atoms with Crippen LogP contribution in [-0.2, 0) is 0 Å². The van der Waals surface area contributed by atoms with Crippen LogP contribution in [0.2, 0.25) is 0 Å². The van der Waals surface area contributed by atoms with Gasteiger partial charge in [-0.05, 0) is 42.5 Å². The summed E-state index contributed by atoms with van der Waals surface area (Å²) in [6.07, 6.45) is 2.06. The molecule has 1 aromatic rings. The lowest BCUT2D eigenvalue weighted by Crippen LogP contribution is -2.45. The van der Waals surface area contributed by atoms with Gasteiger partial charge in [0.25, 0.3) is 0 Å². The van der Waals surface area contributed by atoms with Crippen molar-refractivity contribution in [2.75, 3.05) is 23.4 Å². The molecular weight excluding hydrogens is 286 g/mol. The normalized spacial score (nSPS) is 19.4. The van der Waals surface area contributed by atoms with Gasteiger partial charge in [-0.1, -0.05) is 22.0 Å². The zero-order valence-corrected chi connectivity index (χ0v) is 11.5. The van der Waals surface area contributed by atoms with E-state index in [1.165, 1.54) is 0 Å². The van der Waals surface area contributed by atoms with Crippen LogP contribution in [0.25, 0.3) is 0 Å². The molecule has 1 aromatic carbocycles. The second kappa shape index (κ2) is 5.43. The molecule has 1 saturated heterocycles. The molecule has 0 unspecified atom stereocenters. The van der Waals surface area contributed by atoms with Crippen molar-refractivity contribution >= 4 is 33.4 Å². The number of anilines is 1. The minimum atomic E-state index is -0.119. The molecule has 1 aliphatic rings. The summed E-state index contributed by atoms with van der Waals surface area (Å²) in [4.78, 5) is 0. The number of thioether (sulfide) groups is 1. The van der Waals surface area contributed by atoms with Crippen molar-refractivity contribution in [2.45, 2.75) is 18.4 Å². The Bertz CT molecular complexity index is 353. The van der Waals surface area contributed by atoms with Gasteiger partial charge < -0.3 is 10.4 Å². The van der Waals surface area contributed by atoms with E-state index >= 15 is 0 Å². The molecular formula is C12H16BrNOS. The number of nitrogens with one attached hydrogen (secondary N) is 1. The maximum absolute atomic E-state index is 9.59. The molecule has 1 heterocycles. The lowest BCUT2D eigenvalue weighted by Gasteiger charge is -2.37. The molecule has 2 rings (SSSR count). The molecule has 0 bridgehead atoms. The van der Waals surface area contributed by atoms with E-state index in [9.17, 15) is 5.11 Å². The molecule has 1 fully saturated rings. The molecule has 0 atom stereocenters. The molecule has 0 amide bonds. The summed E-state index contributed by atoms with van der Waals surface area (Å²) in [5.74, 6) is 2.25. The van der Waals surface area contributed by atoms with Crippen molar-refractivity contribution in [3.05, 3.63) is 28.7 Å². The second-order valence-corrected chi connectivity index (χ2v) is 6.33. The highest BCUT2D eigenvalue weighted by molar-refractivity contribution is 9.10. The van der Waals surface area contributed by atoms with E-state index in [-0.39, 0.29) is 12.1 Å². The minimum absolute atomic E-state index is 0.119. The first kappa shape index (κ1) is 12.3. The Hall–Kier alpha value is -0.190. The lowest BCUT2D eigenvalue weighted by atomic mass is 9.93. The number of aliphatic hydroxyl groups excluding tert-OH is 1. The molecule has 0 saturated carbocycles. The molecule has 0 aromatic heterocycles. The Morgan fingerprint density at radius 2 is 2.12 bits per heavy atom. The van der Waals surface area contributed by atoms with Crippen molar-refractivity contribution in [1.82, 2.24) is 0 Å². The molecule has 2 nitrogen and oxygen atoms in total. The second-order valence-electron chi connectivity index (χ2n) is 4.19. The standard InChI is InChI=1S/C12H16BrNOS/c13-10-2-1-3-11(8-10)14-12(9-15)4-6-16-7-5-12/h1-3,8,14-15H,4-7,9H2. The van der Waals surface area contributed by atoms with Crippen molar-refractivity contribution < 1.29 is 5.11 Å². The lowest BCUT2D eigenvalue weighted by molar-refractivity contribution is 0.202. The van der Waals surface area contributed by atoms with Gasteiger partial charge in [-0.25, -0.2) is 0 Å². The summed E-state index contributed by atoms with van der Waals surface area (Å²) >= 11 is 5.43. The van der Waals surface area contributed by atoms with E-state index < -0.39 is 0 Å². The van der Waals surface area contributed by atoms with Gasteiger partial charge in [0, 0.05) is 10.2 Å². The zero-order valence-electron chi connectivity index (χ0n) is 9.08. The number of rotatable bonds is 3. The Labute approximate surface area is 109 Å². The van der Waals surface area contributed by atoms with Gasteiger partial charge in [0.1, 0.15) is 0 Å². The first-order valence-corrected chi connectivity index (χ1v) is 7.41. The maximum Gasteiger partial charge on any atom is 0.0662 e. The quantitative estimate of drug-likeness (QED) is 0.900. The van der Waals surface area contributed by atoms with E-state index in [1.54, 1.807) is 0 Å². The van der Waals surface area contributed by atoms with Gasteiger partial charge in [-0.15, -0.1) is 0 Å². The van der Waals surface area contributed by atoms with Crippen molar-refractivity contribution in [1.29, 1.82) is 0 Å². The van der Waals surface area contributed by atoms with Crippen molar-refractivity contribution in [2.24, 2.45) is 0 Å². The highest BCUT2D eigenvalue weighted by Gasteiger charge is 2.31. The predicted molar refractivity (Wildman–Crippen MR) is 74.1 cm³/mol. The summed E-state index contributed by atoms with van der Waals surface area (Å²) < 4.78 is 1.07. The van der Waals surface area contributed by atoms with Gasteiger partial charge >= 0.3 is 0 Å². The van der Waals surface area contributed by atoms with E-state index in [2.05, 4.69) is 27.3 Å². The summed E-state index contributed by atoms with van der Waals surface area (Å²) in [5.41, 5.74) is 0.960. The summed E-state index contributed by atoms with van der Waals surface area (Å²) in [5, 5.41) is 13.1. The van der Waals surface area contributed by atoms with Crippen LogP contribution in [-0.4, -0.2) is 28.8 Å². The number of hydrogen-bond acceptors (Lipinski definition) is 3. The Kier molecular flexibility index (Phi) is 4.16. The maximum atomic E-state index is 9.59. The monoisotopic (exact) mass is 301 g/mol. The average molecular weight is 302 g/mol. The third kappa shape index (κ3) is 2.93. The van der Waals surface area contributed by atoms with Gasteiger partial charge in [-0.3, -0.25) is 0 Å². The molecule has 2 N–H and O–H groups in total. The number of aliphatic hydroxyl groups is 1. The number of benzene rings is 1. The topological polar surface area (TPSA) is 32.3 Å². The molecule has 0 aliphatic carbocycles. The highest BCUT2D eigenvalue weighted by atomic mass is 79.9. The third-order valence-corrected chi connectivity index (χ3v) is 4.47. The van der Waals surface area contributed by atoms with Crippen molar-refractivity contribution in [3.8, 4) is 0 Å².